The Morgan fingerprint density at radius 3 is 2.36 bits per heavy atom. The number of aryl methyl sites for hydroxylation is 2. The van der Waals surface area contributed by atoms with E-state index in [-0.39, 0.29) is 0 Å². The monoisotopic (exact) mass is 164 g/mol. The molecule has 60 valence electrons. The molecule has 0 saturated carbocycles. The summed E-state index contributed by atoms with van der Waals surface area (Å²) >= 11 is 0. The van der Waals surface area contributed by atoms with Gasteiger partial charge >= 0.3 is 0 Å². The van der Waals surface area contributed by atoms with E-state index >= 15 is 0 Å². The lowest BCUT2D eigenvalue weighted by molar-refractivity contribution is 1.11. The molecule has 0 fully saturated rings. The van der Waals surface area contributed by atoms with E-state index in [9.17, 15) is 0 Å². The molecule has 0 aliphatic carbocycles. The van der Waals surface area contributed by atoms with Crippen LogP contribution in [0.25, 0.3) is 0 Å². The Morgan fingerprint density at radius 1 is 1.18 bits per heavy atom. The molecule has 0 saturated heterocycles. The number of hydrogen-bond donors (Lipinski definition) is 0. The van der Waals surface area contributed by atoms with Gasteiger partial charge in [-0.3, -0.25) is 0 Å². The maximum atomic E-state index is 4.40. The number of rotatable bonds is 2. The SMILES string of the molecule is CCc1ccc(CC)c([P-2])c1. The van der Waals surface area contributed by atoms with Crippen molar-refractivity contribution in [1.82, 2.24) is 0 Å². The third-order valence-electron chi connectivity index (χ3n) is 1.94. The van der Waals surface area contributed by atoms with Gasteiger partial charge in [0.2, 0.25) is 0 Å². The van der Waals surface area contributed by atoms with Crippen LogP contribution in [0.5, 0.6) is 0 Å². The molecule has 0 atom stereocenters. The summed E-state index contributed by atoms with van der Waals surface area (Å²) in [6.07, 6.45) is 2.17. The summed E-state index contributed by atoms with van der Waals surface area (Å²) in [5.74, 6) is 0. The lowest BCUT2D eigenvalue weighted by atomic mass is 10.1. The Morgan fingerprint density at radius 2 is 1.91 bits per heavy atom. The van der Waals surface area contributed by atoms with Gasteiger partial charge in [-0.05, 0) is 12.8 Å². The highest BCUT2D eigenvalue weighted by Gasteiger charge is 1.86. The first-order chi connectivity index (χ1) is 5.27. The lowest BCUT2D eigenvalue weighted by Crippen LogP contribution is -2.01. The zero-order valence-corrected chi connectivity index (χ0v) is 7.99. The van der Waals surface area contributed by atoms with Crippen molar-refractivity contribution in [2.24, 2.45) is 0 Å². The molecule has 11 heavy (non-hydrogen) atoms. The summed E-state index contributed by atoms with van der Waals surface area (Å²) < 4.78 is 0. The first-order valence-corrected chi connectivity index (χ1v) is 4.53. The topological polar surface area (TPSA) is 0 Å². The standard InChI is InChI=1S/C10H13P/c1-3-8-5-6-9(4-2)10(11)7-8/h5-7H,3-4H2,1-2H3/q-2. The second kappa shape index (κ2) is 3.88. The van der Waals surface area contributed by atoms with Crippen molar-refractivity contribution >= 4 is 14.5 Å². The molecular weight excluding hydrogens is 151 g/mol. The molecule has 0 radical (unpaired) electrons. The quantitative estimate of drug-likeness (QED) is 0.589. The second-order valence-electron chi connectivity index (χ2n) is 2.67. The van der Waals surface area contributed by atoms with E-state index in [2.05, 4.69) is 41.3 Å². The fourth-order valence-electron chi connectivity index (χ4n) is 1.13. The molecule has 1 aromatic carbocycles. The highest BCUT2D eigenvalue weighted by molar-refractivity contribution is 7.27. The summed E-state index contributed by atoms with van der Waals surface area (Å²) in [7, 11) is 4.40. The Balaban J connectivity index is 2.99. The van der Waals surface area contributed by atoms with Gasteiger partial charge < -0.3 is 14.5 Å². The second-order valence-corrected chi connectivity index (χ2v) is 3.15. The van der Waals surface area contributed by atoms with Gasteiger partial charge in [0.05, 0.1) is 0 Å². The van der Waals surface area contributed by atoms with Crippen molar-refractivity contribution in [3.8, 4) is 0 Å². The minimum Gasteiger partial charge on any atom is -1.45 e. The van der Waals surface area contributed by atoms with Gasteiger partial charge in [-0.15, -0.1) is 11.6 Å². The van der Waals surface area contributed by atoms with Gasteiger partial charge in [-0.1, -0.05) is 31.5 Å². The van der Waals surface area contributed by atoms with Crippen molar-refractivity contribution < 1.29 is 0 Å². The van der Waals surface area contributed by atoms with Gasteiger partial charge in [-0.25, -0.2) is 0 Å². The third-order valence-corrected chi connectivity index (χ3v) is 2.36. The molecule has 0 N–H and O–H groups in total. The van der Waals surface area contributed by atoms with E-state index in [0.717, 1.165) is 18.1 Å². The molecular formula is C10H13P-2. The fraction of sp³-hybridized carbons (Fsp3) is 0.400. The molecule has 0 spiro atoms. The third kappa shape index (κ3) is 2.04. The number of benzene rings is 1. The molecule has 1 heteroatoms. The van der Waals surface area contributed by atoms with Crippen LogP contribution in [0.1, 0.15) is 25.0 Å². The average molecular weight is 164 g/mol. The van der Waals surface area contributed by atoms with Crippen LogP contribution in [0.2, 0.25) is 0 Å². The zero-order chi connectivity index (χ0) is 8.27. The molecule has 0 bridgehead atoms. The molecule has 0 aromatic heterocycles. The summed E-state index contributed by atoms with van der Waals surface area (Å²) in [5, 5.41) is 1.13. The first kappa shape index (κ1) is 8.74. The van der Waals surface area contributed by atoms with E-state index in [1.807, 2.05) is 0 Å². The van der Waals surface area contributed by atoms with Crippen LogP contribution in [0, 0.1) is 0 Å². The molecule has 0 nitrogen and oxygen atoms in total. The van der Waals surface area contributed by atoms with Crippen LogP contribution in [0.4, 0.5) is 0 Å². The van der Waals surface area contributed by atoms with Gasteiger partial charge in [0.1, 0.15) is 0 Å². The van der Waals surface area contributed by atoms with Crippen molar-refractivity contribution in [2.75, 3.05) is 0 Å². The van der Waals surface area contributed by atoms with Crippen LogP contribution in [0.3, 0.4) is 0 Å². The van der Waals surface area contributed by atoms with E-state index in [1.54, 1.807) is 0 Å². The van der Waals surface area contributed by atoms with Crippen molar-refractivity contribution in [3.63, 3.8) is 0 Å². The van der Waals surface area contributed by atoms with E-state index in [0.29, 0.717) is 0 Å². The molecule has 1 rings (SSSR count). The summed E-state index contributed by atoms with van der Waals surface area (Å²) in [5.41, 5.74) is 2.71. The van der Waals surface area contributed by atoms with Crippen LogP contribution < -0.4 is 5.30 Å². The molecule has 0 unspecified atom stereocenters. The Hall–Kier alpha value is -0.350. The van der Waals surface area contributed by atoms with Gasteiger partial charge in [-0.2, -0.15) is 0 Å². The highest BCUT2D eigenvalue weighted by Crippen LogP contribution is 2.06. The van der Waals surface area contributed by atoms with Gasteiger partial charge in [0.15, 0.2) is 0 Å². The predicted octanol–water partition coefficient (Wildman–Crippen LogP) is 2.85. The molecule has 0 heterocycles. The average Bonchev–Trinajstić information content (AvgIpc) is 2.04. The summed E-state index contributed by atoms with van der Waals surface area (Å²) in [4.78, 5) is 0. The van der Waals surface area contributed by atoms with Gasteiger partial charge in [0.25, 0.3) is 0 Å². The molecule has 0 amide bonds. The molecule has 1 aromatic rings. The fourth-order valence-corrected chi connectivity index (χ4v) is 1.53. The molecule has 0 aliphatic heterocycles. The Labute approximate surface area is 71.2 Å². The van der Waals surface area contributed by atoms with Crippen molar-refractivity contribution in [1.29, 1.82) is 0 Å². The highest BCUT2D eigenvalue weighted by atomic mass is 31.0. The maximum Gasteiger partial charge on any atom is -0.0309 e. The predicted molar refractivity (Wildman–Crippen MR) is 51.8 cm³/mol. The van der Waals surface area contributed by atoms with Gasteiger partial charge in [0, 0.05) is 0 Å². The lowest BCUT2D eigenvalue weighted by Gasteiger charge is -2.37. The van der Waals surface area contributed by atoms with E-state index < -0.39 is 0 Å². The first-order valence-electron chi connectivity index (χ1n) is 4.08. The maximum absolute atomic E-state index is 4.40. The van der Waals surface area contributed by atoms with E-state index in [4.69, 9.17) is 0 Å². The minimum atomic E-state index is 1.07. The zero-order valence-electron chi connectivity index (χ0n) is 7.09. The minimum absolute atomic E-state index is 1.07. The van der Waals surface area contributed by atoms with Crippen LogP contribution in [0.15, 0.2) is 18.2 Å². The van der Waals surface area contributed by atoms with Crippen molar-refractivity contribution in [3.05, 3.63) is 29.3 Å². The summed E-state index contributed by atoms with van der Waals surface area (Å²) in [6.45, 7) is 4.31. The van der Waals surface area contributed by atoms with Crippen molar-refractivity contribution in [2.45, 2.75) is 26.7 Å². The Kier molecular flexibility index (Phi) is 3.08. The van der Waals surface area contributed by atoms with Crippen LogP contribution in [-0.4, -0.2) is 0 Å². The summed E-state index contributed by atoms with van der Waals surface area (Å²) in [6, 6.07) is 6.50. The van der Waals surface area contributed by atoms with Crippen LogP contribution in [-0.2, 0) is 12.8 Å². The number of hydrogen-bond acceptors (Lipinski definition) is 0. The largest absolute Gasteiger partial charge is 1.45 e. The molecule has 0 aliphatic rings. The smallest absolute Gasteiger partial charge is 0.0309 e. The Bertz CT molecular complexity index is 241. The van der Waals surface area contributed by atoms with Crippen LogP contribution >= 0.6 is 9.24 Å². The van der Waals surface area contributed by atoms with E-state index in [1.165, 1.54) is 11.1 Å². The normalized spacial score (nSPS) is 10.1.